The Morgan fingerprint density at radius 1 is 1.36 bits per heavy atom. The van der Waals surface area contributed by atoms with Crippen molar-refractivity contribution in [1.29, 1.82) is 0 Å². The minimum absolute atomic E-state index is 0.176. The lowest BCUT2D eigenvalue weighted by atomic mass is 9.92. The number of hydrogen-bond acceptors (Lipinski definition) is 1. The molecule has 0 aliphatic heterocycles. The van der Waals surface area contributed by atoms with Gasteiger partial charge in [0.2, 0.25) is 0 Å². The highest BCUT2D eigenvalue weighted by Gasteiger charge is 2.21. The molecule has 1 rings (SSSR count). The molecule has 0 N–H and O–H groups in total. The average Bonchev–Trinajstić information content (AvgIpc) is 2.27. The number of pyridine rings is 1. The van der Waals surface area contributed by atoms with Crippen LogP contribution in [0.4, 0.5) is 0 Å². The maximum atomic E-state index is 6.38. The molecule has 0 aliphatic carbocycles. The van der Waals surface area contributed by atoms with Crippen LogP contribution in [0.1, 0.15) is 38.8 Å². The third kappa shape index (κ3) is 2.71. The summed E-state index contributed by atoms with van der Waals surface area (Å²) in [5, 5.41) is 0.176. The fourth-order valence-corrected chi connectivity index (χ4v) is 1.83. The molecule has 1 nitrogen and oxygen atoms in total. The van der Waals surface area contributed by atoms with E-state index in [9.17, 15) is 0 Å². The predicted octanol–water partition coefficient (Wildman–Crippen LogP) is 3.84. The topological polar surface area (TPSA) is 12.9 Å². The van der Waals surface area contributed by atoms with Gasteiger partial charge in [0, 0.05) is 23.2 Å². The van der Waals surface area contributed by atoms with E-state index >= 15 is 0 Å². The van der Waals surface area contributed by atoms with Crippen molar-refractivity contribution < 1.29 is 0 Å². The molecule has 0 bridgehead atoms. The van der Waals surface area contributed by atoms with E-state index in [0.717, 1.165) is 12.1 Å². The molecule has 2 heteroatoms. The van der Waals surface area contributed by atoms with Gasteiger partial charge in [-0.15, -0.1) is 11.6 Å². The van der Waals surface area contributed by atoms with Crippen LogP contribution in [0.2, 0.25) is 0 Å². The van der Waals surface area contributed by atoms with Gasteiger partial charge in [0.25, 0.3) is 0 Å². The Hall–Kier alpha value is -0.560. The van der Waals surface area contributed by atoms with Crippen molar-refractivity contribution in [3.63, 3.8) is 0 Å². The minimum Gasteiger partial charge on any atom is -0.261 e. The van der Waals surface area contributed by atoms with Crippen LogP contribution in [0, 0.1) is 5.92 Å². The summed E-state index contributed by atoms with van der Waals surface area (Å²) in [6.45, 7) is 6.51. The van der Waals surface area contributed by atoms with Crippen LogP contribution in [0.25, 0.3) is 0 Å². The van der Waals surface area contributed by atoms with Crippen molar-refractivity contribution in [2.75, 3.05) is 0 Å². The largest absolute Gasteiger partial charge is 0.261 e. The lowest BCUT2D eigenvalue weighted by Crippen LogP contribution is -2.18. The Morgan fingerprint density at radius 2 is 2.07 bits per heavy atom. The second-order valence-electron chi connectivity index (χ2n) is 3.87. The van der Waals surface area contributed by atoms with E-state index in [-0.39, 0.29) is 5.38 Å². The highest BCUT2D eigenvalue weighted by Crippen LogP contribution is 2.28. The fourth-order valence-electron chi connectivity index (χ4n) is 1.53. The van der Waals surface area contributed by atoms with Crippen LogP contribution in [0.15, 0.2) is 24.4 Å². The zero-order valence-electron chi connectivity index (χ0n) is 9.07. The molecular formula is C12H18ClN. The summed E-state index contributed by atoms with van der Waals surface area (Å²) in [5.41, 5.74) is 1.09. The summed E-state index contributed by atoms with van der Waals surface area (Å²) in [6.07, 6.45) is 2.94. The number of nitrogens with zero attached hydrogens (tertiary/aromatic N) is 1. The first kappa shape index (κ1) is 11.5. The van der Waals surface area contributed by atoms with Crippen molar-refractivity contribution in [2.24, 2.45) is 5.92 Å². The van der Waals surface area contributed by atoms with Crippen LogP contribution in [0.5, 0.6) is 0 Å². The molecule has 0 radical (unpaired) electrons. The normalized spacial score (nSPS) is 17.4. The van der Waals surface area contributed by atoms with Gasteiger partial charge in [-0.1, -0.05) is 33.3 Å². The molecule has 0 saturated heterocycles. The molecule has 14 heavy (non-hydrogen) atoms. The number of halogens is 1. The SMILES string of the molecule is CCC(C)C(Cl)C(C)c1ccccn1. The molecule has 3 unspecified atom stereocenters. The highest BCUT2D eigenvalue weighted by molar-refractivity contribution is 6.21. The van der Waals surface area contributed by atoms with E-state index < -0.39 is 0 Å². The van der Waals surface area contributed by atoms with Crippen LogP contribution >= 0.6 is 11.6 Å². The summed E-state index contributed by atoms with van der Waals surface area (Å²) in [4.78, 5) is 4.33. The lowest BCUT2D eigenvalue weighted by molar-refractivity contribution is 0.475. The van der Waals surface area contributed by atoms with Gasteiger partial charge in [-0.3, -0.25) is 4.98 Å². The molecule has 0 saturated carbocycles. The molecule has 1 aromatic rings. The molecule has 78 valence electrons. The van der Waals surface area contributed by atoms with Gasteiger partial charge in [-0.25, -0.2) is 0 Å². The Morgan fingerprint density at radius 3 is 2.57 bits per heavy atom. The van der Waals surface area contributed by atoms with E-state index in [4.69, 9.17) is 11.6 Å². The van der Waals surface area contributed by atoms with Gasteiger partial charge >= 0.3 is 0 Å². The van der Waals surface area contributed by atoms with Gasteiger partial charge in [-0.05, 0) is 18.1 Å². The van der Waals surface area contributed by atoms with E-state index in [1.54, 1.807) is 0 Å². The second kappa shape index (κ2) is 5.35. The highest BCUT2D eigenvalue weighted by atomic mass is 35.5. The first-order valence-electron chi connectivity index (χ1n) is 5.21. The average molecular weight is 212 g/mol. The van der Waals surface area contributed by atoms with Crippen molar-refractivity contribution in [1.82, 2.24) is 4.98 Å². The second-order valence-corrected chi connectivity index (χ2v) is 4.38. The first-order valence-corrected chi connectivity index (χ1v) is 5.65. The van der Waals surface area contributed by atoms with Gasteiger partial charge in [0.15, 0.2) is 0 Å². The number of aromatic nitrogens is 1. The first-order chi connectivity index (χ1) is 6.66. The van der Waals surface area contributed by atoms with E-state index in [1.165, 1.54) is 0 Å². The van der Waals surface area contributed by atoms with E-state index in [1.807, 2.05) is 24.4 Å². The smallest absolute Gasteiger partial charge is 0.0446 e. The van der Waals surface area contributed by atoms with Gasteiger partial charge in [0.1, 0.15) is 0 Å². The van der Waals surface area contributed by atoms with Crippen molar-refractivity contribution >= 4 is 11.6 Å². The molecule has 0 amide bonds. The van der Waals surface area contributed by atoms with Crippen molar-refractivity contribution in [3.05, 3.63) is 30.1 Å². The third-order valence-corrected chi connectivity index (χ3v) is 3.63. The molecule has 3 atom stereocenters. The van der Waals surface area contributed by atoms with E-state index in [2.05, 4.69) is 25.8 Å². The fraction of sp³-hybridized carbons (Fsp3) is 0.583. The third-order valence-electron chi connectivity index (χ3n) is 2.82. The minimum atomic E-state index is 0.176. The zero-order valence-corrected chi connectivity index (χ0v) is 9.83. The number of alkyl halides is 1. The molecule has 0 aromatic carbocycles. The quantitative estimate of drug-likeness (QED) is 0.690. The Balaban J connectivity index is 2.70. The van der Waals surface area contributed by atoms with Crippen LogP contribution in [0.3, 0.4) is 0 Å². The summed E-state index contributed by atoms with van der Waals surface area (Å²) in [7, 11) is 0. The van der Waals surface area contributed by atoms with Crippen molar-refractivity contribution in [2.45, 2.75) is 38.5 Å². The molecule has 0 spiro atoms. The molecule has 0 aliphatic rings. The summed E-state index contributed by atoms with van der Waals surface area (Å²) in [5.74, 6) is 0.862. The lowest BCUT2D eigenvalue weighted by Gasteiger charge is -2.22. The van der Waals surface area contributed by atoms with Crippen LogP contribution in [-0.2, 0) is 0 Å². The van der Waals surface area contributed by atoms with E-state index in [0.29, 0.717) is 11.8 Å². The molecule has 1 heterocycles. The monoisotopic (exact) mass is 211 g/mol. The zero-order chi connectivity index (χ0) is 10.6. The van der Waals surface area contributed by atoms with Gasteiger partial charge in [-0.2, -0.15) is 0 Å². The summed E-state index contributed by atoms with van der Waals surface area (Å²) < 4.78 is 0. The summed E-state index contributed by atoms with van der Waals surface area (Å²) in [6, 6.07) is 5.99. The molecule has 0 fully saturated rings. The molecule has 1 aromatic heterocycles. The van der Waals surface area contributed by atoms with Crippen LogP contribution in [-0.4, -0.2) is 10.4 Å². The summed E-state index contributed by atoms with van der Waals surface area (Å²) >= 11 is 6.38. The number of hydrogen-bond donors (Lipinski definition) is 0. The molecular weight excluding hydrogens is 194 g/mol. The maximum absolute atomic E-state index is 6.38. The standard InChI is InChI=1S/C12H18ClN/c1-4-9(2)12(13)10(3)11-7-5-6-8-14-11/h5-10,12H,4H2,1-3H3. The number of rotatable bonds is 4. The maximum Gasteiger partial charge on any atom is 0.0446 e. The van der Waals surface area contributed by atoms with Gasteiger partial charge < -0.3 is 0 Å². The van der Waals surface area contributed by atoms with Gasteiger partial charge in [0.05, 0.1) is 0 Å². The van der Waals surface area contributed by atoms with Crippen LogP contribution < -0.4 is 0 Å². The van der Waals surface area contributed by atoms with Crippen molar-refractivity contribution in [3.8, 4) is 0 Å². The Bertz CT molecular complexity index is 260. The predicted molar refractivity (Wildman–Crippen MR) is 61.7 cm³/mol. The Kier molecular flexibility index (Phi) is 4.40. The Labute approximate surface area is 91.5 Å².